The Morgan fingerprint density at radius 1 is 1.23 bits per heavy atom. The minimum absolute atomic E-state index is 0.248. The molecule has 0 saturated carbocycles. The summed E-state index contributed by atoms with van der Waals surface area (Å²) in [6.07, 6.45) is 3.34. The van der Waals surface area contributed by atoms with Crippen LogP contribution in [0.2, 0.25) is 5.02 Å². The molecule has 31 heavy (non-hydrogen) atoms. The van der Waals surface area contributed by atoms with Gasteiger partial charge in [0.15, 0.2) is 0 Å². The SMILES string of the molecule is COCCN(Cc1nc(C(=O)NCc2ccncc2)cs1)C(=O)Nc1cccc(Cl)c1. The molecule has 1 aromatic carbocycles. The van der Waals surface area contributed by atoms with Crippen molar-refractivity contribution in [2.24, 2.45) is 0 Å². The maximum Gasteiger partial charge on any atom is 0.322 e. The number of nitrogens with one attached hydrogen (secondary N) is 2. The molecule has 2 heterocycles. The predicted molar refractivity (Wildman–Crippen MR) is 120 cm³/mol. The van der Waals surface area contributed by atoms with Crippen molar-refractivity contribution < 1.29 is 14.3 Å². The molecule has 0 bridgehead atoms. The van der Waals surface area contributed by atoms with Gasteiger partial charge in [-0.05, 0) is 35.9 Å². The van der Waals surface area contributed by atoms with Gasteiger partial charge in [0.05, 0.1) is 13.2 Å². The van der Waals surface area contributed by atoms with Crippen molar-refractivity contribution >= 4 is 40.6 Å². The van der Waals surface area contributed by atoms with Crippen molar-refractivity contribution in [3.05, 3.63) is 75.5 Å². The highest BCUT2D eigenvalue weighted by atomic mass is 35.5. The van der Waals surface area contributed by atoms with Crippen LogP contribution in [0.1, 0.15) is 21.1 Å². The Bertz CT molecular complexity index is 1020. The van der Waals surface area contributed by atoms with Gasteiger partial charge in [-0.2, -0.15) is 0 Å². The molecule has 10 heteroatoms. The van der Waals surface area contributed by atoms with Crippen LogP contribution in [0.25, 0.3) is 0 Å². The van der Waals surface area contributed by atoms with Gasteiger partial charge in [0.2, 0.25) is 0 Å². The number of hydrogen-bond donors (Lipinski definition) is 2. The summed E-state index contributed by atoms with van der Waals surface area (Å²) in [6.45, 7) is 1.37. The maximum absolute atomic E-state index is 12.7. The van der Waals surface area contributed by atoms with E-state index in [1.54, 1.807) is 54.0 Å². The third-order valence-corrected chi connectivity index (χ3v) is 5.31. The fraction of sp³-hybridized carbons (Fsp3) is 0.238. The molecule has 0 aliphatic carbocycles. The average molecular weight is 460 g/mol. The van der Waals surface area contributed by atoms with Gasteiger partial charge in [-0.3, -0.25) is 9.78 Å². The van der Waals surface area contributed by atoms with Gasteiger partial charge in [-0.1, -0.05) is 17.7 Å². The smallest absolute Gasteiger partial charge is 0.322 e. The average Bonchev–Trinajstić information content (AvgIpc) is 3.24. The number of benzene rings is 1. The minimum atomic E-state index is -0.307. The quantitative estimate of drug-likeness (QED) is 0.507. The molecule has 0 aliphatic rings. The van der Waals surface area contributed by atoms with E-state index < -0.39 is 0 Å². The van der Waals surface area contributed by atoms with Crippen LogP contribution < -0.4 is 10.6 Å². The normalized spacial score (nSPS) is 10.5. The Balaban J connectivity index is 1.61. The summed E-state index contributed by atoms with van der Waals surface area (Å²) in [5.74, 6) is -0.272. The summed E-state index contributed by atoms with van der Waals surface area (Å²) in [7, 11) is 1.57. The lowest BCUT2D eigenvalue weighted by Crippen LogP contribution is -2.36. The molecular formula is C21H22ClN5O3S. The van der Waals surface area contributed by atoms with E-state index in [2.05, 4.69) is 20.6 Å². The Hall–Kier alpha value is -3.01. The van der Waals surface area contributed by atoms with Crippen LogP contribution in [0.5, 0.6) is 0 Å². The zero-order valence-electron chi connectivity index (χ0n) is 16.9. The molecule has 2 aromatic heterocycles. The second-order valence-electron chi connectivity index (χ2n) is 6.52. The fourth-order valence-corrected chi connectivity index (χ4v) is 3.63. The van der Waals surface area contributed by atoms with Gasteiger partial charge in [-0.25, -0.2) is 9.78 Å². The van der Waals surface area contributed by atoms with E-state index in [-0.39, 0.29) is 18.5 Å². The highest BCUT2D eigenvalue weighted by Crippen LogP contribution is 2.17. The number of hydrogen-bond acceptors (Lipinski definition) is 6. The Labute approximate surface area is 189 Å². The number of carbonyl (C=O) groups is 2. The summed E-state index contributed by atoms with van der Waals surface area (Å²) >= 11 is 7.31. The molecule has 2 N–H and O–H groups in total. The number of halogens is 1. The molecular weight excluding hydrogens is 438 g/mol. The first-order valence-corrected chi connectivity index (χ1v) is 10.7. The maximum atomic E-state index is 12.7. The first kappa shape index (κ1) is 22.7. The molecule has 0 aliphatic heterocycles. The van der Waals surface area contributed by atoms with Gasteiger partial charge >= 0.3 is 6.03 Å². The second kappa shape index (κ2) is 11.4. The third-order valence-electron chi connectivity index (χ3n) is 4.24. The van der Waals surface area contributed by atoms with Crippen molar-refractivity contribution in [2.75, 3.05) is 25.6 Å². The lowest BCUT2D eigenvalue weighted by atomic mass is 10.2. The molecule has 3 amide bonds. The second-order valence-corrected chi connectivity index (χ2v) is 7.90. The van der Waals surface area contributed by atoms with E-state index in [0.717, 1.165) is 5.56 Å². The monoisotopic (exact) mass is 459 g/mol. The third kappa shape index (κ3) is 7.02. The van der Waals surface area contributed by atoms with Gasteiger partial charge in [0.1, 0.15) is 10.7 Å². The number of amides is 3. The summed E-state index contributed by atoms with van der Waals surface area (Å²) in [4.78, 5) is 35.0. The highest BCUT2D eigenvalue weighted by Gasteiger charge is 2.18. The number of thiazole rings is 1. The number of urea groups is 1. The molecule has 8 nitrogen and oxygen atoms in total. The van der Waals surface area contributed by atoms with Crippen LogP contribution >= 0.6 is 22.9 Å². The number of ether oxygens (including phenoxy) is 1. The first-order chi connectivity index (χ1) is 15.0. The summed E-state index contributed by atoms with van der Waals surface area (Å²) in [6, 6.07) is 10.3. The number of anilines is 1. The van der Waals surface area contributed by atoms with Crippen LogP contribution in [0, 0.1) is 0 Å². The van der Waals surface area contributed by atoms with Gasteiger partial charge in [-0.15, -0.1) is 11.3 Å². The molecule has 0 atom stereocenters. The van der Waals surface area contributed by atoms with Gasteiger partial charge in [0, 0.05) is 48.7 Å². The van der Waals surface area contributed by atoms with E-state index >= 15 is 0 Å². The Kier molecular flexibility index (Phi) is 8.34. The topological polar surface area (TPSA) is 96.4 Å². The van der Waals surface area contributed by atoms with Crippen molar-refractivity contribution in [1.82, 2.24) is 20.2 Å². The van der Waals surface area contributed by atoms with Crippen LogP contribution in [0.4, 0.5) is 10.5 Å². The zero-order chi connectivity index (χ0) is 22.1. The molecule has 0 unspecified atom stereocenters. The number of aromatic nitrogens is 2. The highest BCUT2D eigenvalue weighted by molar-refractivity contribution is 7.09. The van der Waals surface area contributed by atoms with E-state index in [1.165, 1.54) is 11.3 Å². The lowest BCUT2D eigenvalue weighted by Gasteiger charge is -2.21. The van der Waals surface area contributed by atoms with E-state index in [4.69, 9.17) is 16.3 Å². The standard InChI is InChI=1S/C21H22ClN5O3S/c1-30-10-9-27(21(29)25-17-4-2-3-16(22)11-17)13-19-26-18(14-31-19)20(28)24-12-15-5-7-23-8-6-15/h2-8,11,14H,9-10,12-13H2,1H3,(H,24,28)(H,25,29). The molecule has 0 spiro atoms. The Morgan fingerprint density at radius 2 is 2.03 bits per heavy atom. The van der Waals surface area contributed by atoms with Crippen LogP contribution in [0.15, 0.2) is 54.2 Å². The lowest BCUT2D eigenvalue weighted by molar-refractivity contribution is 0.0946. The van der Waals surface area contributed by atoms with Crippen molar-refractivity contribution in [1.29, 1.82) is 0 Å². The number of nitrogens with zero attached hydrogens (tertiary/aromatic N) is 3. The number of methoxy groups -OCH3 is 1. The number of pyridine rings is 1. The fourth-order valence-electron chi connectivity index (χ4n) is 2.65. The van der Waals surface area contributed by atoms with Crippen molar-refractivity contribution in [3.63, 3.8) is 0 Å². The van der Waals surface area contributed by atoms with Crippen molar-refractivity contribution in [3.8, 4) is 0 Å². The van der Waals surface area contributed by atoms with Crippen LogP contribution in [-0.4, -0.2) is 47.1 Å². The van der Waals surface area contributed by atoms with Crippen LogP contribution in [0.3, 0.4) is 0 Å². The number of carbonyl (C=O) groups excluding carboxylic acids is 2. The minimum Gasteiger partial charge on any atom is -0.383 e. The van der Waals surface area contributed by atoms with Gasteiger partial charge in [0.25, 0.3) is 5.91 Å². The first-order valence-electron chi connectivity index (χ1n) is 9.47. The largest absolute Gasteiger partial charge is 0.383 e. The van der Waals surface area contributed by atoms with Crippen molar-refractivity contribution in [2.45, 2.75) is 13.1 Å². The van der Waals surface area contributed by atoms with Gasteiger partial charge < -0.3 is 20.3 Å². The van der Waals surface area contributed by atoms with E-state index in [9.17, 15) is 9.59 Å². The molecule has 162 valence electrons. The molecule has 0 radical (unpaired) electrons. The number of rotatable bonds is 9. The molecule has 3 aromatic rings. The van der Waals surface area contributed by atoms with E-state index in [1.807, 2.05) is 12.1 Å². The molecule has 0 saturated heterocycles. The van der Waals surface area contributed by atoms with Crippen LogP contribution in [-0.2, 0) is 17.8 Å². The summed E-state index contributed by atoms with van der Waals surface area (Å²) in [5, 5.41) is 8.51. The summed E-state index contributed by atoms with van der Waals surface area (Å²) < 4.78 is 5.12. The van der Waals surface area contributed by atoms with E-state index in [0.29, 0.717) is 41.1 Å². The Morgan fingerprint density at radius 3 is 2.77 bits per heavy atom. The molecule has 0 fully saturated rings. The predicted octanol–water partition coefficient (Wildman–Crippen LogP) is 3.80. The molecule has 3 rings (SSSR count). The zero-order valence-corrected chi connectivity index (χ0v) is 18.4. The summed E-state index contributed by atoms with van der Waals surface area (Å²) in [5.41, 5.74) is 1.86.